The molecule has 1 aliphatic rings. The van der Waals surface area contributed by atoms with Crippen molar-refractivity contribution in [3.63, 3.8) is 0 Å². The van der Waals surface area contributed by atoms with Gasteiger partial charge < -0.3 is 5.32 Å². The summed E-state index contributed by atoms with van der Waals surface area (Å²) in [6, 6.07) is 0.693. The molecule has 0 amide bonds. The standard InChI is InChI=1S/C12H21BrN4/c1-9-12(13)11(17(3)15-9)8-16(2)10-4-6-14-7-5-10/h10,14H,4-8H2,1-3H3. The van der Waals surface area contributed by atoms with E-state index in [1.807, 2.05) is 18.7 Å². The van der Waals surface area contributed by atoms with Crippen molar-refractivity contribution >= 4 is 15.9 Å². The van der Waals surface area contributed by atoms with E-state index >= 15 is 0 Å². The second kappa shape index (κ2) is 5.50. The Labute approximate surface area is 111 Å². The fourth-order valence-electron chi connectivity index (χ4n) is 2.46. The minimum Gasteiger partial charge on any atom is -0.317 e. The van der Waals surface area contributed by atoms with Crippen LogP contribution in [0, 0.1) is 6.92 Å². The first-order valence-corrected chi connectivity index (χ1v) is 6.98. The summed E-state index contributed by atoms with van der Waals surface area (Å²) >= 11 is 3.63. The number of hydrogen-bond donors (Lipinski definition) is 1. The first-order chi connectivity index (χ1) is 8.09. The maximum absolute atomic E-state index is 4.44. The highest BCUT2D eigenvalue weighted by Gasteiger charge is 2.20. The Kier molecular flexibility index (Phi) is 4.22. The highest BCUT2D eigenvalue weighted by atomic mass is 79.9. The minimum absolute atomic E-state index is 0.693. The van der Waals surface area contributed by atoms with Crippen LogP contribution in [-0.2, 0) is 13.6 Å². The number of piperidine rings is 1. The molecule has 0 aliphatic carbocycles. The van der Waals surface area contributed by atoms with Crippen LogP contribution in [0.15, 0.2) is 4.47 Å². The van der Waals surface area contributed by atoms with Crippen LogP contribution in [-0.4, -0.2) is 40.9 Å². The molecule has 0 unspecified atom stereocenters. The molecular weight excluding hydrogens is 280 g/mol. The summed E-state index contributed by atoms with van der Waals surface area (Å²) in [6.07, 6.45) is 2.48. The number of aromatic nitrogens is 2. The molecule has 1 aliphatic heterocycles. The van der Waals surface area contributed by atoms with Gasteiger partial charge in [-0.15, -0.1) is 0 Å². The molecule has 1 aromatic rings. The van der Waals surface area contributed by atoms with Gasteiger partial charge in [-0.2, -0.15) is 5.10 Å². The summed E-state index contributed by atoms with van der Waals surface area (Å²) in [6.45, 7) is 5.28. The highest BCUT2D eigenvalue weighted by Crippen LogP contribution is 2.23. The monoisotopic (exact) mass is 300 g/mol. The van der Waals surface area contributed by atoms with E-state index in [-0.39, 0.29) is 0 Å². The van der Waals surface area contributed by atoms with Gasteiger partial charge in [0, 0.05) is 19.6 Å². The molecule has 1 saturated heterocycles. The second-order valence-electron chi connectivity index (χ2n) is 4.87. The van der Waals surface area contributed by atoms with Crippen LogP contribution >= 0.6 is 15.9 Å². The zero-order valence-corrected chi connectivity index (χ0v) is 12.4. The van der Waals surface area contributed by atoms with E-state index in [1.54, 1.807) is 0 Å². The molecule has 4 nitrogen and oxygen atoms in total. The van der Waals surface area contributed by atoms with E-state index in [2.05, 4.69) is 38.3 Å². The highest BCUT2D eigenvalue weighted by molar-refractivity contribution is 9.10. The maximum Gasteiger partial charge on any atom is 0.0739 e. The quantitative estimate of drug-likeness (QED) is 0.922. The number of aryl methyl sites for hydroxylation is 2. The zero-order valence-electron chi connectivity index (χ0n) is 10.8. The predicted molar refractivity (Wildman–Crippen MR) is 73.0 cm³/mol. The van der Waals surface area contributed by atoms with Crippen molar-refractivity contribution in [3.05, 3.63) is 15.9 Å². The largest absolute Gasteiger partial charge is 0.317 e. The molecule has 2 rings (SSSR count). The lowest BCUT2D eigenvalue weighted by Crippen LogP contribution is -2.41. The minimum atomic E-state index is 0.693. The Morgan fingerprint density at radius 1 is 1.47 bits per heavy atom. The molecule has 17 heavy (non-hydrogen) atoms. The number of nitrogens with one attached hydrogen (secondary N) is 1. The maximum atomic E-state index is 4.44. The Balaban J connectivity index is 2.04. The SMILES string of the molecule is Cc1nn(C)c(CN(C)C2CCNCC2)c1Br. The fourth-order valence-corrected chi connectivity index (χ4v) is 2.93. The van der Waals surface area contributed by atoms with Crippen LogP contribution in [0.25, 0.3) is 0 Å². The first-order valence-electron chi connectivity index (χ1n) is 6.18. The lowest BCUT2D eigenvalue weighted by molar-refractivity contribution is 0.187. The topological polar surface area (TPSA) is 33.1 Å². The first kappa shape index (κ1) is 13.1. The molecule has 1 aromatic heterocycles. The molecule has 0 bridgehead atoms. The second-order valence-corrected chi connectivity index (χ2v) is 5.66. The van der Waals surface area contributed by atoms with Crippen molar-refractivity contribution < 1.29 is 0 Å². The molecule has 0 aromatic carbocycles. The van der Waals surface area contributed by atoms with Gasteiger partial charge in [0.2, 0.25) is 0 Å². The Morgan fingerprint density at radius 2 is 2.12 bits per heavy atom. The molecule has 96 valence electrons. The van der Waals surface area contributed by atoms with Crippen LogP contribution in [0.1, 0.15) is 24.2 Å². The zero-order chi connectivity index (χ0) is 12.4. The molecule has 0 radical (unpaired) electrons. The molecule has 0 saturated carbocycles. The third-order valence-corrected chi connectivity index (χ3v) is 4.62. The van der Waals surface area contributed by atoms with Gasteiger partial charge in [0.05, 0.1) is 15.9 Å². The van der Waals surface area contributed by atoms with Crippen LogP contribution in [0.2, 0.25) is 0 Å². The lowest BCUT2D eigenvalue weighted by Gasteiger charge is -2.31. The van der Waals surface area contributed by atoms with E-state index in [1.165, 1.54) is 18.5 Å². The van der Waals surface area contributed by atoms with Crippen LogP contribution in [0.4, 0.5) is 0 Å². The number of rotatable bonds is 3. The summed E-state index contributed by atoms with van der Waals surface area (Å²) in [5, 5.41) is 7.85. The van der Waals surface area contributed by atoms with Crippen molar-refractivity contribution in [3.8, 4) is 0 Å². The molecule has 5 heteroatoms. The van der Waals surface area contributed by atoms with Gasteiger partial charge in [0.25, 0.3) is 0 Å². The Bertz CT molecular complexity index is 382. The van der Waals surface area contributed by atoms with E-state index in [9.17, 15) is 0 Å². The molecule has 1 fully saturated rings. The summed E-state index contributed by atoms with van der Waals surface area (Å²) < 4.78 is 3.14. The van der Waals surface area contributed by atoms with E-state index in [0.29, 0.717) is 6.04 Å². The van der Waals surface area contributed by atoms with E-state index in [0.717, 1.165) is 29.8 Å². The van der Waals surface area contributed by atoms with Crippen molar-refractivity contribution in [1.29, 1.82) is 0 Å². The smallest absolute Gasteiger partial charge is 0.0739 e. The summed E-state index contributed by atoms with van der Waals surface area (Å²) in [7, 11) is 4.23. The predicted octanol–water partition coefficient (Wildman–Crippen LogP) is 1.67. The van der Waals surface area contributed by atoms with E-state index in [4.69, 9.17) is 0 Å². The Morgan fingerprint density at radius 3 is 2.65 bits per heavy atom. The molecule has 2 heterocycles. The van der Waals surface area contributed by atoms with Crippen LogP contribution in [0.5, 0.6) is 0 Å². The average molecular weight is 301 g/mol. The lowest BCUT2D eigenvalue weighted by atomic mass is 10.1. The Hall–Kier alpha value is -0.390. The van der Waals surface area contributed by atoms with Gasteiger partial charge in [0.1, 0.15) is 0 Å². The van der Waals surface area contributed by atoms with Gasteiger partial charge in [-0.25, -0.2) is 0 Å². The summed E-state index contributed by atoms with van der Waals surface area (Å²) in [5.74, 6) is 0. The van der Waals surface area contributed by atoms with Gasteiger partial charge in [-0.3, -0.25) is 9.58 Å². The molecule has 1 N–H and O–H groups in total. The van der Waals surface area contributed by atoms with Gasteiger partial charge in [0.15, 0.2) is 0 Å². The third-order valence-electron chi connectivity index (χ3n) is 3.59. The molecule has 0 atom stereocenters. The van der Waals surface area contributed by atoms with Gasteiger partial charge >= 0.3 is 0 Å². The van der Waals surface area contributed by atoms with Crippen LogP contribution in [0.3, 0.4) is 0 Å². The average Bonchev–Trinajstić information content (AvgIpc) is 2.57. The summed E-state index contributed by atoms with van der Waals surface area (Å²) in [4.78, 5) is 2.45. The fraction of sp³-hybridized carbons (Fsp3) is 0.750. The number of halogens is 1. The van der Waals surface area contributed by atoms with Gasteiger partial charge in [-0.05, 0) is 55.8 Å². The number of nitrogens with zero attached hydrogens (tertiary/aromatic N) is 3. The van der Waals surface area contributed by atoms with Gasteiger partial charge in [-0.1, -0.05) is 0 Å². The number of hydrogen-bond acceptors (Lipinski definition) is 3. The van der Waals surface area contributed by atoms with Crippen LogP contribution < -0.4 is 5.32 Å². The van der Waals surface area contributed by atoms with Crippen molar-refractivity contribution in [2.75, 3.05) is 20.1 Å². The van der Waals surface area contributed by atoms with Crippen molar-refractivity contribution in [2.24, 2.45) is 7.05 Å². The summed E-state index contributed by atoms with van der Waals surface area (Å²) in [5.41, 5.74) is 2.34. The van der Waals surface area contributed by atoms with E-state index < -0.39 is 0 Å². The van der Waals surface area contributed by atoms with Crippen molar-refractivity contribution in [2.45, 2.75) is 32.4 Å². The molecule has 0 spiro atoms. The normalized spacial score (nSPS) is 17.9. The third kappa shape index (κ3) is 2.89. The molecular formula is C12H21BrN4. The van der Waals surface area contributed by atoms with Crippen molar-refractivity contribution in [1.82, 2.24) is 20.0 Å².